The minimum Gasteiger partial charge on any atom is -0.458 e. The molecule has 0 radical (unpaired) electrons. The average molecular weight is 796 g/mol. The Morgan fingerprint density at radius 1 is 0.982 bits per heavy atom. The number of hydrogen-bond donors (Lipinski definition) is 2. The van der Waals surface area contributed by atoms with E-state index in [1.54, 1.807) is 51.9 Å². The first-order valence-electron chi connectivity index (χ1n) is 20.4. The fourth-order valence-corrected chi connectivity index (χ4v) is 9.88. The van der Waals surface area contributed by atoms with Gasteiger partial charge in [0.2, 0.25) is 0 Å². The first-order valence-corrected chi connectivity index (χ1v) is 20.4. The highest BCUT2D eigenvalue weighted by atomic mass is 16.7. The molecule has 1 amide bonds. The third kappa shape index (κ3) is 8.20. The Kier molecular flexibility index (Phi) is 12.5. The fourth-order valence-electron chi connectivity index (χ4n) is 9.88. The van der Waals surface area contributed by atoms with Crippen LogP contribution in [0, 0.1) is 23.7 Å². The third-order valence-corrected chi connectivity index (χ3v) is 13.0. The number of hydrogen-bond acceptors (Lipinski definition) is 14. The molecule has 1 aromatic heterocycles. The van der Waals surface area contributed by atoms with Gasteiger partial charge in [-0.25, -0.2) is 4.79 Å². The van der Waals surface area contributed by atoms with E-state index in [2.05, 4.69) is 14.9 Å². The number of esters is 1. The van der Waals surface area contributed by atoms with Gasteiger partial charge in [-0.05, 0) is 72.7 Å². The topological polar surface area (TPSA) is 181 Å². The molecule has 0 spiro atoms. The third-order valence-electron chi connectivity index (χ3n) is 13.0. The molecular weight excluding hydrogens is 734 g/mol. The van der Waals surface area contributed by atoms with E-state index in [1.807, 2.05) is 44.1 Å². The van der Waals surface area contributed by atoms with Gasteiger partial charge in [-0.2, -0.15) is 0 Å². The van der Waals surface area contributed by atoms with E-state index in [-0.39, 0.29) is 36.8 Å². The Labute approximate surface area is 335 Å². The van der Waals surface area contributed by atoms with Crippen molar-refractivity contribution in [1.82, 2.24) is 24.7 Å². The van der Waals surface area contributed by atoms with Crippen molar-refractivity contribution < 1.29 is 48.3 Å². The van der Waals surface area contributed by atoms with Gasteiger partial charge in [-0.1, -0.05) is 39.8 Å². The molecule has 5 heterocycles. The number of aliphatic hydroxyl groups is 2. The van der Waals surface area contributed by atoms with E-state index in [0.29, 0.717) is 26.1 Å². The standard InChI is InChI=1S/C42H61N5O10/c1-11-31-42(8)36(47(40(52)57-42)28-20-46(21-28)19-27-13-12-14-29-32(27)44-16-15-43-29)24(4)33(48)22(2)18-41(7,53)37(25(5)34(49)26(6)38(51)55-31)56-39-35(50)30(45(9)10)17-23(3)54-39/h12-16,22-26,28,30-31,35-37,39,50,53H,11,17-21H2,1-10H3/t22-,23-,24+,25+,26-,30+,31-,35-,36-,37-,39+,41-,42-/m1/s1. The summed E-state index contributed by atoms with van der Waals surface area (Å²) in [6.07, 6.45) is -1.50. The summed E-state index contributed by atoms with van der Waals surface area (Å²) in [5.74, 6) is -5.56. The van der Waals surface area contributed by atoms with Gasteiger partial charge >= 0.3 is 12.1 Å². The molecule has 0 saturated carbocycles. The molecule has 314 valence electrons. The minimum atomic E-state index is -1.81. The van der Waals surface area contributed by atoms with Crippen molar-refractivity contribution in [2.45, 2.75) is 141 Å². The van der Waals surface area contributed by atoms with Gasteiger partial charge in [0, 0.05) is 55.8 Å². The van der Waals surface area contributed by atoms with Crippen molar-refractivity contribution in [3.8, 4) is 0 Å². The number of carbonyl (C=O) groups excluding carboxylic acids is 4. The van der Waals surface area contributed by atoms with E-state index in [4.69, 9.17) is 18.9 Å². The molecule has 4 aliphatic rings. The van der Waals surface area contributed by atoms with Crippen LogP contribution >= 0.6 is 0 Å². The zero-order chi connectivity index (χ0) is 41.7. The normalized spacial score (nSPS) is 39.1. The van der Waals surface area contributed by atoms with Crippen LogP contribution in [0.25, 0.3) is 11.0 Å². The summed E-state index contributed by atoms with van der Waals surface area (Å²) >= 11 is 0. The van der Waals surface area contributed by atoms with Crippen molar-refractivity contribution in [2.24, 2.45) is 23.7 Å². The molecule has 15 heteroatoms. The number of ketones is 2. The molecule has 0 bridgehead atoms. The van der Waals surface area contributed by atoms with Gasteiger partial charge in [-0.15, -0.1) is 0 Å². The first-order chi connectivity index (χ1) is 26.8. The van der Waals surface area contributed by atoms with Crippen LogP contribution in [0.4, 0.5) is 4.79 Å². The highest BCUT2D eigenvalue weighted by Gasteiger charge is 2.62. The van der Waals surface area contributed by atoms with E-state index >= 15 is 0 Å². The highest BCUT2D eigenvalue weighted by molar-refractivity contribution is 6.00. The summed E-state index contributed by atoms with van der Waals surface area (Å²) in [4.78, 5) is 71.4. The maximum absolute atomic E-state index is 14.7. The molecule has 6 rings (SSSR count). The van der Waals surface area contributed by atoms with Gasteiger partial charge < -0.3 is 34.1 Å². The lowest BCUT2D eigenvalue weighted by Crippen LogP contribution is -2.65. The number of aromatic nitrogens is 2. The summed E-state index contributed by atoms with van der Waals surface area (Å²) in [7, 11) is 3.69. The monoisotopic (exact) mass is 795 g/mol. The van der Waals surface area contributed by atoms with Crippen molar-refractivity contribution in [3.63, 3.8) is 0 Å². The summed E-state index contributed by atoms with van der Waals surface area (Å²) in [6, 6.07) is 4.40. The average Bonchev–Trinajstić information content (AvgIpc) is 3.42. The molecule has 2 aromatic rings. The van der Waals surface area contributed by atoms with Crippen LogP contribution in [0.2, 0.25) is 0 Å². The number of likely N-dealkylation sites (N-methyl/N-ethyl adjacent to an activating group) is 1. The van der Waals surface area contributed by atoms with Crippen molar-refractivity contribution in [1.29, 1.82) is 0 Å². The van der Waals surface area contributed by atoms with Crippen LogP contribution in [0.5, 0.6) is 0 Å². The second-order valence-corrected chi connectivity index (χ2v) is 17.6. The molecule has 4 fully saturated rings. The summed E-state index contributed by atoms with van der Waals surface area (Å²) in [6.45, 7) is 15.0. The molecule has 2 N–H and O–H groups in total. The molecular formula is C42H61N5O10. The number of Topliss-reactive ketones (excluding diaryl/α,β-unsaturated/α-hetero) is 2. The number of nitrogens with zero attached hydrogens (tertiary/aromatic N) is 5. The Morgan fingerprint density at radius 3 is 2.33 bits per heavy atom. The summed E-state index contributed by atoms with van der Waals surface area (Å²) in [5, 5.41) is 23.6. The Hall–Kier alpha value is -3.60. The van der Waals surface area contributed by atoms with E-state index in [1.165, 1.54) is 13.8 Å². The first kappa shape index (κ1) is 43.0. The fraction of sp³-hybridized carbons (Fsp3) is 0.714. The zero-order valence-electron chi connectivity index (χ0n) is 35.0. The highest BCUT2D eigenvalue weighted by Crippen LogP contribution is 2.44. The number of rotatable bonds is 7. The number of aliphatic hydroxyl groups excluding tert-OH is 1. The zero-order valence-corrected chi connectivity index (χ0v) is 35.0. The predicted molar refractivity (Wildman–Crippen MR) is 209 cm³/mol. The van der Waals surface area contributed by atoms with Crippen molar-refractivity contribution >= 4 is 34.7 Å². The maximum atomic E-state index is 14.7. The lowest BCUT2D eigenvalue weighted by molar-refractivity contribution is -0.293. The van der Waals surface area contributed by atoms with E-state index in [9.17, 15) is 29.4 Å². The Morgan fingerprint density at radius 2 is 1.67 bits per heavy atom. The van der Waals surface area contributed by atoms with E-state index in [0.717, 1.165) is 16.6 Å². The number of amides is 1. The molecule has 4 aliphatic heterocycles. The van der Waals surface area contributed by atoms with Crippen LogP contribution in [0.15, 0.2) is 30.6 Å². The number of cyclic esters (lactones) is 1. The van der Waals surface area contributed by atoms with Gasteiger partial charge in [0.05, 0.1) is 40.9 Å². The van der Waals surface area contributed by atoms with Crippen LogP contribution in [0.3, 0.4) is 0 Å². The quantitative estimate of drug-likeness (QED) is 0.308. The second kappa shape index (κ2) is 16.6. The number of para-hydroxylation sites is 1. The van der Waals surface area contributed by atoms with Gasteiger partial charge in [-0.3, -0.25) is 34.2 Å². The molecule has 4 saturated heterocycles. The minimum absolute atomic E-state index is 0.118. The number of ether oxygens (including phenoxy) is 4. The van der Waals surface area contributed by atoms with Gasteiger partial charge in [0.1, 0.15) is 23.9 Å². The Balaban J connectivity index is 1.30. The number of likely N-dealkylation sites (tertiary alicyclic amines) is 1. The molecule has 57 heavy (non-hydrogen) atoms. The molecule has 0 unspecified atom stereocenters. The number of benzene rings is 1. The maximum Gasteiger partial charge on any atom is 0.411 e. The molecule has 0 aliphatic carbocycles. The van der Waals surface area contributed by atoms with Crippen LogP contribution < -0.4 is 0 Å². The lowest BCUT2D eigenvalue weighted by atomic mass is 9.73. The number of carbonyl (C=O) groups is 4. The molecule has 13 atom stereocenters. The summed E-state index contributed by atoms with van der Waals surface area (Å²) < 4.78 is 24.8. The van der Waals surface area contributed by atoms with Gasteiger partial charge in [0.15, 0.2) is 17.7 Å². The van der Waals surface area contributed by atoms with Crippen molar-refractivity contribution in [2.75, 3.05) is 27.2 Å². The Bertz CT molecular complexity index is 1810. The molecule has 15 nitrogen and oxygen atoms in total. The summed E-state index contributed by atoms with van der Waals surface area (Å²) in [5.41, 5.74) is -0.647. The van der Waals surface area contributed by atoms with E-state index < -0.39 is 83.4 Å². The SMILES string of the molecule is CC[C@H]1OC(=O)[C@H](C)C(=O)[C@H](C)[C@@H](O[C@@H]2O[C@H](C)C[C@H](N(C)C)[C@H]2O)[C@](C)(O)C[C@@H](C)C(=O)[C@H](C)[C@H]2N(C3CN(Cc4cccc5nccnc45)C3)C(=O)O[C@]12C. The second-order valence-electron chi connectivity index (χ2n) is 17.6. The molecule has 1 aromatic carbocycles. The van der Waals surface area contributed by atoms with Crippen LogP contribution in [0.1, 0.15) is 80.2 Å². The van der Waals surface area contributed by atoms with Crippen molar-refractivity contribution in [3.05, 3.63) is 36.2 Å². The lowest BCUT2D eigenvalue weighted by Gasteiger charge is -2.48. The van der Waals surface area contributed by atoms with Crippen LogP contribution in [-0.4, -0.2) is 146 Å². The largest absolute Gasteiger partial charge is 0.458 e. The van der Waals surface area contributed by atoms with Crippen LogP contribution in [-0.2, 0) is 39.9 Å². The smallest absolute Gasteiger partial charge is 0.411 e. The van der Waals surface area contributed by atoms with Gasteiger partial charge in [0.25, 0.3) is 0 Å². The predicted octanol–water partition coefficient (Wildman–Crippen LogP) is 3.36. The number of fused-ring (bicyclic) bond motifs is 2.